The van der Waals surface area contributed by atoms with Crippen molar-refractivity contribution < 1.29 is 9.18 Å². The van der Waals surface area contributed by atoms with Gasteiger partial charge in [-0.15, -0.1) is 0 Å². The normalized spacial score (nSPS) is 20.2. The molecule has 0 unspecified atom stereocenters. The van der Waals surface area contributed by atoms with Gasteiger partial charge in [0, 0.05) is 30.7 Å². The Labute approximate surface area is 101 Å². The van der Waals surface area contributed by atoms with Crippen molar-refractivity contribution in [3.8, 4) is 0 Å². The van der Waals surface area contributed by atoms with Crippen molar-refractivity contribution in [2.45, 2.75) is 25.8 Å². The fourth-order valence-corrected chi connectivity index (χ4v) is 2.06. The fourth-order valence-electron chi connectivity index (χ4n) is 2.06. The number of nitrogens with zero attached hydrogens (tertiary/aromatic N) is 1. The third-order valence-corrected chi connectivity index (χ3v) is 2.92. The van der Waals surface area contributed by atoms with Gasteiger partial charge in [0.25, 0.3) is 0 Å². The summed E-state index contributed by atoms with van der Waals surface area (Å²) in [5.41, 5.74) is 0.477. The van der Waals surface area contributed by atoms with Gasteiger partial charge in [-0.05, 0) is 32.0 Å². The second-order valence-electron chi connectivity index (χ2n) is 5.02. The number of anilines is 1. The number of hydrogen-bond acceptors (Lipinski definition) is 2. The van der Waals surface area contributed by atoms with Crippen molar-refractivity contribution >= 4 is 11.6 Å². The molecule has 1 aromatic carbocycles. The van der Waals surface area contributed by atoms with E-state index in [2.05, 4.69) is 5.32 Å². The Morgan fingerprint density at radius 3 is 2.88 bits per heavy atom. The minimum atomic E-state index is -0.315. The van der Waals surface area contributed by atoms with Crippen LogP contribution in [0.3, 0.4) is 0 Å². The van der Waals surface area contributed by atoms with E-state index in [4.69, 9.17) is 0 Å². The molecule has 1 aliphatic rings. The van der Waals surface area contributed by atoms with Gasteiger partial charge in [0.05, 0.1) is 0 Å². The van der Waals surface area contributed by atoms with Gasteiger partial charge in [0.1, 0.15) is 5.82 Å². The van der Waals surface area contributed by atoms with Gasteiger partial charge in [-0.1, -0.05) is 6.07 Å². The van der Waals surface area contributed by atoms with Gasteiger partial charge in [0.15, 0.2) is 0 Å². The van der Waals surface area contributed by atoms with Crippen LogP contribution in [-0.2, 0) is 4.79 Å². The maximum absolute atomic E-state index is 13.2. The number of benzene rings is 1. The number of rotatable bonds is 1. The van der Waals surface area contributed by atoms with Gasteiger partial charge in [-0.3, -0.25) is 4.79 Å². The minimum absolute atomic E-state index is 0.0358. The summed E-state index contributed by atoms with van der Waals surface area (Å²) in [5.74, 6) is -0.279. The standard InChI is InChI=1S/C13H17FN2O/c1-13(2)9-16(12(17)6-7-15-13)11-5-3-4-10(14)8-11/h3-5,8,15H,6-7,9H2,1-2H3. The second kappa shape index (κ2) is 4.45. The summed E-state index contributed by atoms with van der Waals surface area (Å²) in [6, 6.07) is 6.18. The van der Waals surface area contributed by atoms with Crippen LogP contribution < -0.4 is 10.2 Å². The lowest BCUT2D eigenvalue weighted by Crippen LogP contribution is -2.47. The third-order valence-electron chi connectivity index (χ3n) is 2.92. The Balaban J connectivity index is 2.31. The maximum atomic E-state index is 13.2. The Bertz CT molecular complexity index is 431. The number of nitrogens with one attached hydrogen (secondary N) is 1. The van der Waals surface area contributed by atoms with Crippen molar-refractivity contribution in [2.75, 3.05) is 18.0 Å². The Morgan fingerprint density at radius 2 is 2.18 bits per heavy atom. The summed E-state index contributed by atoms with van der Waals surface area (Å²) in [7, 11) is 0. The highest BCUT2D eigenvalue weighted by molar-refractivity contribution is 5.93. The first kappa shape index (κ1) is 12.0. The predicted octanol–water partition coefficient (Wildman–Crippen LogP) is 1.93. The average molecular weight is 236 g/mol. The molecule has 1 saturated heterocycles. The number of halogens is 1. The molecule has 0 saturated carbocycles. The highest BCUT2D eigenvalue weighted by atomic mass is 19.1. The van der Waals surface area contributed by atoms with Gasteiger partial charge >= 0.3 is 0 Å². The van der Waals surface area contributed by atoms with Gasteiger partial charge in [0.2, 0.25) is 5.91 Å². The van der Waals surface area contributed by atoms with E-state index >= 15 is 0 Å². The SMILES string of the molecule is CC1(C)CN(c2cccc(F)c2)C(=O)CCN1. The molecule has 92 valence electrons. The summed E-state index contributed by atoms with van der Waals surface area (Å²) in [5, 5.41) is 3.31. The van der Waals surface area contributed by atoms with Crippen LogP contribution in [0.1, 0.15) is 20.3 Å². The van der Waals surface area contributed by atoms with Crippen LogP contribution in [0.2, 0.25) is 0 Å². The van der Waals surface area contributed by atoms with E-state index in [0.29, 0.717) is 25.2 Å². The van der Waals surface area contributed by atoms with Crippen LogP contribution >= 0.6 is 0 Å². The van der Waals surface area contributed by atoms with Gasteiger partial charge in [-0.25, -0.2) is 4.39 Å². The van der Waals surface area contributed by atoms with Crippen LogP contribution in [0, 0.1) is 5.82 Å². The van der Waals surface area contributed by atoms with E-state index in [1.54, 1.807) is 17.0 Å². The average Bonchev–Trinajstić information content (AvgIpc) is 2.38. The van der Waals surface area contributed by atoms with Crippen LogP contribution in [0.4, 0.5) is 10.1 Å². The zero-order valence-corrected chi connectivity index (χ0v) is 10.2. The molecule has 1 fully saturated rings. The molecule has 0 aromatic heterocycles. The van der Waals surface area contributed by atoms with Gasteiger partial charge in [-0.2, -0.15) is 0 Å². The molecule has 1 heterocycles. The van der Waals surface area contributed by atoms with Crippen molar-refractivity contribution in [1.29, 1.82) is 0 Å². The monoisotopic (exact) mass is 236 g/mol. The quantitative estimate of drug-likeness (QED) is 0.808. The van der Waals surface area contributed by atoms with Crippen LogP contribution in [0.5, 0.6) is 0 Å². The second-order valence-corrected chi connectivity index (χ2v) is 5.02. The molecule has 0 atom stereocenters. The van der Waals surface area contributed by atoms with Crippen LogP contribution in [0.25, 0.3) is 0 Å². The Kier molecular flexibility index (Phi) is 3.15. The molecular formula is C13H17FN2O. The molecule has 2 rings (SSSR count). The molecule has 17 heavy (non-hydrogen) atoms. The van der Waals surface area contributed by atoms with Crippen molar-refractivity contribution in [1.82, 2.24) is 5.32 Å². The zero-order valence-electron chi connectivity index (χ0n) is 10.2. The molecule has 1 N–H and O–H groups in total. The lowest BCUT2D eigenvalue weighted by Gasteiger charge is -2.30. The topological polar surface area (TPSA) is 32.3 Å². The predicted molar refractivity (Wildman–Crippen MR) is 65.5 cm³/mol. The van der Waals surface area contributed by atoms with Crippen molar-refractivity contribution in [3.63, 3.8) is 0 Å². The molecule has 1 aliphatic heterocycles. The molecule has 4 heteroatoms. The highest BCUT2D eigenvalue weighted by Gasteiger charge is 2.28. The largest absolute Gasteiger partial charge is 0.310 e. The molecule has 0 radical (unpaired) electrons. The molecule has 0 bridgehead atoms. The van der Waals surface area contributed by atoms with Crippen molar-refractivity contribution in [3.05, 3.63) is 30.1 Å². The first-order chi connectivity index (χ1) is 7.98. The van der Waals surface area contributed by atoms with Crippen LogP contribution in [-0.4, -0.2) is 24.5 Å². The zero-order chi connectivity index (χ0) is 12.5. The summed E-state index contributed by atoms with van der Waals surface area (Å²) < 4.78 is 13.2. The number of carbonyl (C=O) groups excluding carboxylic acids is 1. The van der Waals surface area contributed by atoms with Crippen molar-refractivity contribution in [2.24, 2.45) is 0 Å². The van der Waals surface area contributed by atoms with Gasteiger partial charge < -0.3 is 10.2 Å². The van der Waals surface area contributed by atoms with Crippen LogP contribution in [0.15, 0.2) is 24.3 Å². The number of carbonyl (C=O) groups is 1. The molecule has 1 amide bonds. The Morgan fingerprint density at radius 1 is 1.41 bits per heavy atom. The minimum Gasteiger partial charge on any atom is -0.310 e. The Hall–Kier alpha value is -1.42. The maximum Gasteiger partial charge on any atom is 0.228 e. The fraction of sp³-hybridized carbons (Fsp3) is 0.462. The molecular weight excluding hydrogens is 219 g/mol. The molecule has 3 nitrogen and oxygen atoms in total. The van der Waals surface area contributed by atoms with E-state index in [0.717, 1.165) is 0 Å². The lowest BCUT2D eigenvalue weighted by molar-refractivity contribution is -0.118. The molecule has 0 spiro atoms. The molecule has 1 aromatic rings. The summed E-state index contributed by atoms with van der Waals surface area (Å²) in [6.45, 7) is 5.29. The van der Waals surface area contributed by atoms with E-state index in [9.17, 15) is 9.18 Å². The third kappa shape index (κ3) is 2.82. The van der Waals surface area contributed by atoms with E-state index in [-0.39, 0.29) is 17.3 Å². The lowest BCUT2D eigenvalue weighted by atomic mass is 10.1. The smallest absolute Gasteiger partial charge is 0.228 e. The van der Waals surface area contributed by atoms with E-state index < -0.39 is 0 Å². The number of amides is 1. The first-order valence-corrected chi connectivity index (χ1v) is 5.79. The number of hydrogen-bond donors (Lipinski definition) is 1. The molecule has 0 aliphatic carbocycles. The summed E-state index contributed by atoms with van der Waals surface area (Å²) in [4.78, 5) is 13.6. The first-order valence-electron chi connectivity index (χ1n) is 5.79. The summed E-state index contributed by atoms with van der Waals surface area (Å²) in [6.07, 6.45) is 0.444. The van der Waals surface area contributed by atoms with E-state index in [1.807, 2.05) is 13.8 Å². The van der Waals surface area contributed by atoms with E-state index in [1.165, 1.54) is 12.1 Å². The highest BCUT2D eigenvalue weighted by Crippen LogP contribution is 2.21. The summed E-state index contributed by atoms with van der Waals surface area (Å²) >= 11 is 0.